The quantitative estimate of drug-likeness (QED) is 0.709. The average Bonchev–Trinajstić information content (AvgIpc) is 2.34. The summed E-state index contributed by atoms with van der Waals surface area (Å²) >= 11 is 0. The number of hydrogen-bond donors (Lipinski definition) is 1. The van der Waals surface area contributed by atoms with Gasteiger partial charge in [0.2, 0.25) is 0 Å². The summed E-state index contributed by atoms with van der Waals surface area (Å²) in [4.78, 5) is 0. The summed E-state index contributed by atoms with van der Waals surface area (Å²) < 4.78 is 1.92. The molecule has 0 saturated heterocycles. The molecule has 1 heterocycles. The smallest absolute Gasteiger partial charge is 0.0590 e. The van der Waals surface area contributed by atoms with E-state index in [1.807, 2.05) is 30.7 Å². The zero-order chi connectivity index (χ0) is 9.90. The lowest BCUT2D eigenvalue weighted by Gasteiger charge is -2.18. The monoisotopic (exact) mass is 179 g/mol. The first-order chi connectivity index (χ1) is 6.03. The first-order valence-corrected chi connectivity index (χ1v) is 4.43. The summed E-state index contributed by atoms with van der Waals surface area (Å²) in [6.07, 6.45) is 4.46. The number of hydrogen-bond acceptors (Lipinski definition) is 2. The fourth-order valence-corrected chi connectivity index (χ4v) is 1.26. The van der Waals surface area contributed by atoms with Crippen LogP contribution in [0.15, 0.2) is 24.9 Å². The highest BCUT2D eigenvalue weighted by atomic mass is 15.3. The van der Waals surface area contributed by atoms with Gasteiger partial charge in [0.15, 0.2) is 0 Å². The van der Waals surface area contributed by atoms with Gasteiger partial charge in [0.1, 0.15) is 0 Å². The van der Waals surface area contributed by atoms with Crippen molar-refractivity contribution in [2.24, 2.45) is 5.73 Å². The number of nitrogens with zero attached hydrogens (tertiary/aromatic N) is 2. The molecule has 0 aromatic carbocycles. The van der Waals surface area contributed by atoms with Crippen LogP contribution in [0.3, 0.4) is 0 Å². The van der Waals surface area contributed by atoms with E-state index >= 15 is 0 Å². The van der Waals surface area contributed by atoms with E-state index in [1.165, 1.54) is 0 Å². The lowest BCUT2D eigenvalue weighted by Crippen LogP contribution is -2.35. The molecule has 3 nitrogen and oxygen atoms in total. The van der Waals surface area contributed by atoms with Crippen LogP contribution in [0, 0.1) is 0 Å². The molecule has 0 spiro atoms. The molecule has 0 atom stereocenters. The maximum absolute atomic E-state index is 5.92. The van der Waals surface area contributed by atoms with Crippen LogP contribution < -0.4 is 5.73 Å². The van der Waals surface area contributed by atoms with Gasteiger partial charge < -0.3 is 5.73 Å². The number of aromatic nitrogens is 2. The minimum absolute atomic E-state index is 0.182. The second-order valence-corrected chi connectivity index (χ2v) is 3.96. The SMILES string of the molecule is C=CCn1nccc1CC(C)(C)N. The zero-order valence-electron chi connectivity index (χ0n) is 8.33. The molecule has 1 aromatic rings. The van der Waals surface area contributed by atoms with Gasteiger partial charge in [-0.2, -0.15) is 5.10 Å². The molecule has 2 N–H and O–H groups in total. The largest absolute Gasteiger partial charge is 0.325 e. The van der Waals surface area contributed by atoms with Gasteiger partial charge in [-0.3, -0.25) is 4.68 Å². The Balaban J connectivity index is 2.76. The van der Waals surface area contributed by atoms with E-state index in [0.717, 1.165) is 18.7 Å². The molecular weight excluding hydrogens is 162 g/mol. The van der Waals surface area contributed by atoms with E-state index in [-0.39, 0.29) is 5.54 Å². The topological polar surface area (TPSA) is 43.8 Å². The first-order valence-electron chi connectivity index (χ1n) is 4.43. The van der Waals surface area contributed by atoms with Crippen LogP contribution in [0.5, 0.6) is 0 Å². The molecule has 0 fully saturated rings. The Morgan fingerprint density at radius 2 is 2.38 bits per heavy atom. The Kier molecular flexibility index (Phi) is 2.88. The third-order valence-corrected chi connectivity index (χ3v) is 1.74. The molecule has 0 aliphatic rings. The van der Waals surface area contributed by atoms with Crippen molar-refractivity contribution < 1.29 is 0 Å². The molecule has 13 heavy (non-hydrogen) atoms. The van der Waals surface area contributed by atoms with Gasteiger partial charge in [0.25, 0.3) is 0 Å². The summed E-state index contributed by atoms with van der Waals surface area (Å²) in [5.74, 6) is 0. The summed E-state index contributed by atoms with van der Waals surface area (Å²) in [7, 11) is 0. The third kappa shape index (κ3) is 3.03. The van der Waals surface area contributed by atoms with E-state index in [9.17, 15) is 0 Å². The highest BCUT2D eigenvalue weighted by molar-refractivity contribution is 5.05. The van der Waals surface area contributed by atoms with Crippen molar-refractivity contribution in [2.75, 3.05) is 0 Å². The Hall–Kier alpha value is -1.09. The third-order valence-electron chi connectivity index (χ3n) is 1.74. The van der Waals surface area contributed by atoms with Gasteiger partial charge in [0.05, 0.1) is 6.54 Å². The summed E-state index contributed by atoms with van der Waals surface area (Å²) in [5.41, 5.74) is 6.90. The number of nitrogens with two attached hydrogens (primary N) is 1. The highest BCUT2D eigenvalue weighted by Crippen LogP contribution is 2.09. The highest BCUT2D eigenvalue weighted by Gasteiger charge is 2.14. The lowest BCUT2D eigenvalue weighted by molar-refractivity contribution is 0.490. The van der Waals surface area contributed by atoms with Crippen LogP contribution in [0.1, 0.15) is 19.5 Å². The van der Waals surface area contributed by atoms with Crippen LogP contribution >= 0.6 is 0 Å². The van der Waals surface area contributed by atoms with Crippen LogP contribution in [0.2, 0.25) is 0 Å². The van der Waals surface area contributed by atoms with Gasteiger partial charge in [-0.15, -0.1) is 6.58 Å². The van der Waals surface area contributed by atoms with Crippen molar-refractivity contribution in [1.82, 2.24) is 9.78 Å². The molecule has 3 heteroatoms. The molecule has 0 saturated carbocycles. The second kappa shape index (κ2) is 3.75. The lowest BCUT2D eigenvalue weighted by atomic mass is 10.0. The van der Waals surface area contributed by atoms with E-state index < -0.39 is 0 Å². The molecule has 0 bridgehead atoms. The Morgan fingerprint density at radius 1 is 1.69 bits per heavy atom. The van der Waals surface area contributed by atoms with Crippen molar-refractivity contribution in [3.63, 3.8) is 0 Å². The maximum atomic E-state index is 5.92. The predicted octanol–water partition coefficient (Wildman–Crippen LogP) is 1.35. The Morgan fingerprint density at radius 3 is 2.92 bits per heavy atom. The number of allylic oxidation sites excluding steroid dienone is 1. The molecule has 1 rings (SSSR count). The van der Waals surface area contributed by atoms with Crippen LogP contribution in [0.4, 0.5) is 0 Å². The van der Waals surface area contributed by atoms with Crippen molar-refractivity contribution >= 4 is 0 Å². The summed E-state index contributed by atoms with van der Waals surface area (Å²) in [6.45, 7) is 8.45. The van der Waals surface area contributed by atoms with E-state index in [2.05, 4.69) is 11.7 Å². The van der Waals surface area contributed by atoms with Gasteiger partial charge in [-0.25, -0.2) is 0 Å². The Labute approximate surface area is 79.2 Å². The number of rotatable bonds is 4. The second-order valence-electron chi connectivity index (χ2n) is 3.96. The molecule has 0 aliphatic heterocycles. The van der Waals surface area contributed by atoms with Gasteiger partial charge in [0, 0.05) is 23.9 Å². The van der Waals surface area contributed by atoms with Crippen molar-refractivity contribution in [3.8, 4) is 0 Å². The van der Waals surface area contributed by atoms with Crippen LogP contribution in [0.25, 0.3) is 0 Å². The summed E-state index contributed by atoms with van der Waals surface area (Å²) in [5, 5.41) is 4.18. The molecule has 0 radical (unpaired) electrons. The van der Waals surface area contributed by atoms with Crippen LogP contribution in [-0.2, 0) is 13.0 Å². The van der Waals surface area contributed by atoms with E-state index in [4.69, 9.17) is 5.73 Å². The van der Waals surface area contributed by atoms with Crippen molar-refractivity contribution in [1.29, 1.82) is 0 Å². The fourth-order valence-electron chi connectivity index (χ4n) is 1.26. The van der Waals surface area contributed by atoms with Gasteiger partial charge in [-0.05, 0) is 19.9 Å². The van der Waals surface area contributed by atoms with Crippen molar-refractivity contribution in [3.05, 3.63) is 30.6 Å². The van der Waals surface area contributed by atoms with Crippen molar-refractivity contribution in [2.45, 2.75) is 32.4 Å². The van der Waals surface area contributed by atoms with Crippen LogP contribution in [-0.4, -0.2) is 15.3 Å². The first kappa shape index (κ1) is 9.99. The Bertz CT molecular complexity index is 281. The average molecular weight is 179 g/mol. The minimum Gasteiger partial charge on any atom is -0.325 e. The van der Waals surface area contributed by atoms with Gasteiger partial charge in [-0.1, -0.05) is 6.08 Å². The zero-order valence-corrected chi connectivity index (χ0v) is 8.33. The molecular formula is C10H17N3. The van der Waals surface area contributed by atoms with E-state index in [1.54, 1.807) is 6.20 Å². The normalized spacial score (nSPS) is 11.6. The maximum Gasteiger partial charge on any atom is 0.0590 e. The molecule has 72 valence electrons. The fraction of sp³-hybridized carbons (Fsp3) is 0.500. The molecule has 0 amide bonds. The molecule has 0 aliphatic carbocycles. The van der Waals surface area contributed by atoms with Gasteiger partial charge >= 0.3 is 0 Å². The summed E-state index contributed by atoms with van der Waals surface area (Å²) in [6, 6.07) is 2.00. The minimum atomic E-state index is -0.182. The molecule has 1 aromatic heterocycles. The predicted molar refractivity (Wildman–Crippen MR) is 54.4 cm³/mol. The molecule has 0 unspecified atom stereocenters. The van der Waals surface area contributed by atoms with E-state index in [0.29, 0.717) is 0 Å². The standard InChI is InChI=1S/C10H17N3/c1-4-7-13-9(5-6-12-13)8-10(2,3)11/h4-6H,1,7-8,11H2,2-3H3.